The number of unbranched alkanes of at least 4 members (excludes halogenated alkanes) is 11. The van der Waals surface area contributed by atoms with E-state index < -0.39 is 32.4 Å². The van der Waals surface area contributed by atoms with E-state index in [9.17, 15) is 18.7 Å². The van der Waals surface area contributed by atoms with Crippen molar-refractivity contribution in [3.05, 3.63) is 12.2 Å². The number of hydrogen-bond donors (Lipinski definition) is 2. The maximum atomic E-state index is 12.0. The van der Waals surface area contributed by atoms with Crippen LogP contribution < -0.4 is 0 Å². The molecule has 29 heavy (non-hydrogen) atoms. The maximum Gasteiger partial charge on any atom is 0.430 e. The van der Waals surface area contributed by atoms with E-state index in [1.54, 1.807) is 0 Å². The number of rotatable bonds is 19. The van der Waals surface area contributed by atoms with E-state index in [0.717, 1.165) is 38.5 Å². The standard InChI is InChI=1S/C21H38NO6P/c1-2-3-4-5-6-7-8-9-10-11-12-13-14-15-16-17-20(24)22(29(27)28)19(18-23)21(25)26/h9-10,19,23H,2-8,11-18H2,1H3,(H,25,26). The summed E-state index contributed by atoms with van der Waals surface area (Å²) in [4.78, 5) is 22.9. The van der Waals surface area contributed by atoms with Gasteiger partial charge in [-0.25, -0.2) is 18.6 Å². The molecule has 168 valence electrons. The second-order valence-corrected chi connectivity index (χ2v) is 8.25. The number of allylic oxidation sites excluding steroid dienone is 2. The Kier molecular flexibility index (Phi) is 17.6. The molecule has 0 aromatic carbocycles. The van der Waals surface area contributed by atoms with Crippen LogP contribution in [0.3, 0.4) is 0 Å². The van der Waals surface area contributed by atoms with Crippen molar-refractivity contribution in [1.82, 2.24) is 4.67 Å². The summed E-state index contributed by atoms with van der Waals surface area (Å²) >= 11 is 0. The number of aliphatic carboxylic acids is 1. The lowest BCUT2D eigenvalue weighted by Gasteiger charge is -2.19. The van der Waals surface area contributed by atoms with E-state index in [2.05, 4.69) is 19.1 Å². The molecular formula is C21H38NO6P. The second-order valence-electron chi connectivity index (χ2n) is 7.35. The molecule has 8 heteroatoms. The highest BCUT2D eigenvalue weighted by atomic mass is 31.1. The van der Waals surface area contributed by atoms with Gasteiger partial charge in [0.05, 0.1) is 6.61 Å². The summed E-state index contributed by atoms with van der Waals surface area (Å²) in [5.41, 5.74) is 0. The lowest BCUT2D eigenvalue weighted by atomic mass is 10.1. The fraction of sp³-hybridized carbons (Fsp3) is 0.810. The largest absolute Gasteiger partial charge is 0.480 e. The number of amides is 1. The van der Waals surface area contributed by atoms with Crippen molar-refractivity contribution in [2.45, 2.75) is 103 Å². The zero-order valence-electron chi connectivity index (χ0n) is 17.8. The first-order chi connectivity index (χ1) is 14.0. The van der Waals surface area contributed by atoms with E-state index in [1.807, 2.05) is 0 Å². The predicted octanol–water partition coefficient (Wildman–Crippen LogP) is 5.39. The molecule has 0 rings (SSSR count). The van der Waals surface area contributed by atoms with Gasteiger partial charge in [-0.15, -0.1) is 0 Å². The minimum absolute atomic E-state index is 0.0365. The average Bonchev–Trinajstić information content (AvgIpc) is 2.68. The highest BCUT2D eigenvalue weighted by Crippen LogP contribution is 2.21. The van der Waals surface area contributed by atoms with Crippen LogP contribution in [0.5, 0.6) is 0 Å². The number of carbonyl (C=O) groups excluding carboxylic acids is 1. The van der Waals surface area contributed by atoms with Gasteiger partial charge in [-0.05, 0) is 32.1 Å². The van der Waals surface area contributed by atoms with E-state index in [1.165, 1.54) is 38.5 Å². The number of hydrogen-bond acceptors (Lipinski definition) is 5. The number of carboxylic acids is 1. The minimum atomic E-state index is -3.39. The van der Waals surface area contributed by atoms with Gasteiger partial charge in [-0.2, -0.15) is 0 Å². The zero-order chi connectivity index (χ0) is 21.9. The quantitative estimate of drug-likeness (QED) is 0.161. The molecule has 0 fully saturated rings. The van der Waals surface area contributed by atoms with E-state index in [0.29, 0.717) is 6.42 Å². The summed E-state index contributed by atoms with van der Waals surface area (Å²) in [6.07, 6.45) is 18.9. The minimum Gasteiger partial charge on any atom is -0.480 e. The Balaban J connectivity index is 3.77. The van der Waals surface area contributed by atoms with Gasteiger partial charge in [0.2, 0.25) is 5.91 Å². The van der Waals surface area contributed by atoms with E-state index >= 15 is 0 Å². The Labute approximate surface area is 175 Å². The average molecular weight is 432 g/mol. The van der Waals surface area contributed by atoms with Crippen molar-refractivity contribution in [2.75, 3.05) is 6.61 Å². The normalized spacial score (nSPS) is 12.2. The first-order valence-corrected chi connectivity index (χ1v) is 12.0. The zero-order valence-corrected chi connectivity index (χ0v) is 18.7. The maximum absolute atomic E-state index is 12.0. The topological polar surface area (TPSA) is 112 Å². The van der Waals surface area contributed by atoms with Crippen molar-refractivity contribution in [3.8, 4) is 0 Å². The van der Waals surface area contributed by atoms with E-state index in [4.69, 9.17) is 10.2 Å². The molecule has 0 spiro atoms. The molecule has 0 aliphatic heterocycles. The molecule has 0 aliphatic carbocycles. The molecule has 0 aromatic heterocycles. The molecule has 1 atom stereocenters. The molecule has 0 heterocycles. The summed E-state index contributed by atoms with van der Waals surface area (Å²) in [7, 11) is -3.39. The Bertz CT molecular complexity index is 539. The third-order valence-electron chi connectivity index (χ3n) is 4.84. The third-order valence-corrected chi connectivity index (χ3v) is 5.69. The number of aliphatic hydroxyl groups is 1. The Morgan fingerprint density at radius 1 is 0.862 bits per heavy atom. The number of nitrogens with zero attached hydrogens (tertiary/aromatic N) is 1. The molecule has 1 amide bonds. The highest BCUT2D eigenvalue weighted by Gasteiger charge is 2.32. The van der Waals surface area contributed by atoms with Gasteiger partial charge in [-0.1, -0.05) is 70.4 Å². The first kappa shape index (κ1) is 27.5. The molecule has 1 unspecified atom stereocenters. The van der Waals surface area contributed by atoms with Crippen LogP contribution in [0.15, 0.2) is 12.2 Å². The summed E-state index contributed by atoms with van der Waals surface area (Å²) < 4.78 is 22.6. The molecule has 0 aromatic rings. The van der Waals surface area contributed by atoms with Gasteiger partial charge in [0.25, 0.3) is 0 Å². The van der Waals surface area contributed by atoms with Crippen LogP contribution in [0.1, 0.15) is 96.8 Å². The van der Waals surface area contributed by atoms with Crippen LogP contribution in [-0.4, -0.2) is 39.4 Å². The molecular weight excluding hydrogens is 393 g/mol. The van der Waals surface area contributed by atoms with Gasteiger partial charge in [0.1, 0.15) is 0 Å². The SMILES string of the molecule is CCCCCCCCC=CCCCCCCCC(=O)N(C(CO)C(=O)O)P(=O)=O. The lowest BCUT2D eigenvalue weighted by molar-refractivity contribution is -0.147. The molecule has 0 aliphatic rings. The van der Waals surface area contributed by atoms with Crippen LogP contribution >= 0.6 is 7.83 Å². The first-order valence-electron chi connectivity index (χ1n) is 10.9. The van der Waals surface area contributed by atoms with Gasteiger partial charge < -0.3 is 10.2 Å². The summed E-state index contributed by atoms with van der Waals surface area (Å²) in [6.45, 7) is 1.29. The van der Waals surface area contributed by atoms with Crippen LogP contribution in [-0.2, 0) is 18.7 Å². The fourth-order valence-electron chi connectivity index (χ4n) is 3.10. The molecule has 0 radical (unpaired) electrons. The van der Waals surface area contributed by atoms with Gasteiger partial charge in [0, 0.05) is 6.42 Å². The summed E-state index contributed by atoms with van der Waals surface area (Å²) in [5.74, 6) is -2.32. The number of aliphatic hydroxyl groups excluding tert-OH is 1. The fourth-order valence-corrected chi connectivity index (χ4v) is 3.78. The summed E-state index contributed by atoms with van der Waals surface area (Å²) in [6, 6.07) is -1.74. The predicted molar refractivity (Wildman–Crippen MR) is 113 cm³/mol. The lowest BCUT2D eigenvalue weighted by Crippen LogP contribution is -2.42. The number of carboxylic acid groups (broad SMARTS) is 1. The van der Waals surface area contributed by atoms with Crippen molar-refractivity contribution < 1.29 is 28.9 Å². The summed E-state index contributed by atoms with van der Waals surface area (Å²) in [5, 5.41) is 17.9. The highest BCUT2D eigenvalue weighted by molar-refractivity contribution is 7.29. The van der Waals surface area contributed by atoms with Crippen LogP contribution in [0.25, 0.3) is 0 Å². The molecule has 0 saturated carbocycles. The molecule has 7 nitrogen and oxygen atoms in total. The van der Waals surface area contributed by atoms with Crippen molar-refractivity contribution >= 4 is 19.7 Å². The van der Waals surface area contributed by atoms with Gasteiger partial charge in [0.15, 0.2) is 6.04 Å². The number of carbonyl (C=O) groups is 2. The van der Waals surface area contributed by atoms with Crippen LogP contribution in [0.2, 0.25) is 0 Å². The van der Waals surface area contributed by atoms with Crippen molar-refractivity contribution in [2.24, 2.45) is 0 Å². The third kappa shape index (κ3) is 14.2. The Hall–Kier alpha value is -1.46. The second kappa shape index (κ2) is 18.6. The Morgan fingerprint density at radius 2 is 1.34 bits per heavy atom. The van der Waals surface area contributed by atoms with E-state index in [-0.39, 0.29) is 11.1 Å². The van der Waals surface area contributed by atoms with Gasteiger partial charge in [-0.3, -0.25) is 4.79 Å². The Morgan fingerprint density at radius 3 is 1.79 bits per heavy atom. The smallest absolute Gasteiger partial charge is 0.430 e. The molecule has 2 N–H and O–H groups in total. The van der Waals surface area contributed by atoms with Crippen LogP contribution in [0, 0.1) is 0 Å². The molecule has 0 bridgehead atoms. The van der Waals surface area contributed by atoms with Crippen molar-refractivity contribution in [1.29, 1.82) is 0 Å². The van der Waals surface area contributed by atoms with Crippen LogP contribution in [0.4, 0.5) is 0 Å². The monoisotopic (exact) mass is 431 g/mol. The molecule has 0 saturated heterocycles. The van der Waals surface area contributed by atoms with Gasteiger partial charge >= 0.3 is 13.8 Å². The van der Waals surface area contributed by atoms with Crippen molar-refractivity contribution in [3.63, 3.8) is 0 Å².